The Balaban J connectivity index is 1.88. The highest BCUT2D eigenvalue weighted by Gasteiger charge is 2.34. The van der Waals surface area contributed by atoms with E-state index in [0.29, 0.717) is 15.4 Å². The lowest BCUT2D eigenvalue weighted by molar-refractivity contribution is -0.274. The van der Waals surface area contributed by atoms with Crippen molar-refractivity contribution in [2.75, 3.05) is 4.31 Å². The van der Waals surface area contributed by atoms with Crippen molar-refractivity contribution in [2.45, 2.75) is 31.0 Å². The van der Waals surface area contributed by atoms with Crippen molar-refractivity contribution in [3.8, 4) is 5.75 Å². The minimum atomic E-state index is -4.93. The summed E-state index contributed by atoms with van der Waals surface area (Å²) in [6.45, 7) is 3.54. The molecule has 0 saturated heterocycles. The third kappa shape index (κ3) is 4.98. The van der Waals surface area contributed by atoms with Gasteiger partial charge in [-0.2, -0.15) is 9.29 Å². The molecule has 0 atom stereocenters. The lowest BCUT2D eigenvalue weighted by atomic mass is 9.97. The number of carboxylic acids is 1. The fraction of sp³-hybridized carbons (Fsp3) is 0.167. The molecule has 0 aliphatic rings. The van der Waals surface area contributed by atoms with Crippen molar-refractivity contribution < 1.29 is 40.6 Å². The van der Waals surface area contributed by atoms with E-state index in [2.05, 4.69) is 9.72 Å². The number of alkyl halides is 3. The van der Waals surface area contributed by atoms with Gasteiger partial charge in [0.1, 0.15) is 11.3 Å². The summed E-state index contributed by atoms with van der Waals surface area (Å²) in [7, 11) is -4.55. The zero-order valence-electron chi connectivity index (χ0n) is 18.9. The summed E-state index contributed by atoms with van der Waals surface area (Å²) in [5.41, 5.74) is 0.735. The Morgan fingerprint density at radius 2 is 1.72 bits per heavy atom. The van der Waals surface area contributed by atoms with Crippen LogP contribution in [0.3, 0.4) is 0 Å². The molecule has 12 heteroatoms. The maximum Gasteiger partial charge on any atom is 0.573 e. The highest BCUT2D eigenvalue weighted by atomic mass is 32.2. The molecular weight excluding hydrogens is 501 g/mol. The van der Waals surface area contributed by atoms with Crippen LogP contribution in [-0.4, -0.2) is 30.8 Å². The Morgan fingerprint density at radius 3 is 2.31 bits per heavy atom. The molecule has 0 radical (unpaired) electrons. The molecular formula is C24H19F3N2O6S. The number of carboxylic acid groups (broad SMARTS) is 1. The number of benzene rings is 3. The fourth-order valence-corrected chi connectivity index (χ4v) is 4.97. The number of sulfonamides is 1. The normalized spacial score (nSPS) is 12.2. The average Bonchev–Trinajstić information content (AvgIpc) is 3.22. The molecule has 0 fully saturated rings. The Hall–Kier alpha value is -4.06. The molecule has 1 N–H and O–H groups in total. The number of aromatic carboxylic acids is 1. The van der Waals surface area contributed by atoms with Crippen LogP contribution in [0, 0.1) is 0 Å². The predicted molar refractivity (Wildman–Crippen MR) is 124 cm³/mol. The highest BCUT2D eigenvalue weighted by molar-refractivity contribution is 7.93. The number of rotatable bonds is 7. The Bertz CT molecular complexity index is 1500. The molecule has 0 unspecified atom stereocenters. The largest absolute Gasteiger partial charge is 0.573 e. The second-order valence-corrected chi connectivity index (χ2v) is 9.77. The molecule has 8 nitrogen and oxygen atoms in total. The first-order valence-electron chi connectivity index (χ1n) is 10.5. The second-order valence-electron chi connectivity index (χ2n) is 7.98. The van der Waals surface area contributed by atoms with Crippen LogP contribution in [0.4, 0.5) is 24.9 Å². The number of hydrogen-bond acceptors (Lipinski definition) is 6. The van der Waals surface area contributed by atoms with Crippen molar-refractivity contribution in [3.05, 3.63) is 77.9 Å². The zero-order valence-corrected chi connectivity index (χ0v) is 19.7. The molecule has 1 heterocycles. The Labute approximate surface area is 203 Å². The van der Waals surface area contributed by atoms with Gasteiger partial charge in [-0.05, 0) is 60.0 Å². The molecule has 1 aromatic heterocycles. The topological polar surface area (TPSA) is 110 Å². The second kappa shape index (κ2) is 9.19. The maximum atomic E-state index is 13.8. The van der Waals surface area contributed by atoms with E-state index in [1.54, 1.807) is 38.1 Å². The molecule has 0 bridgehead atoms. The number of carbonyl (C=O) groups is 1. The maximum absolute atomic E-state index is 13.8. The van der Waals surface area contributed by atoms with Gasteiger partial charge in [-0.15, -0.1) is 13.2 Å². The molecule has 36 heavy (non-hydrogen) atoms. The van der Waals surface area contributed by atoms with Crippen molar-refractivity contribution in [1.29, 1.82) is 0 Å². The lowest BCUT2D eigenvalue weighted by Gasteiger charge is -2.22. The molecule has 0 aliphatic heterocycles. The number of halogens is 3. The molecule has 0 amide bonds. The number of ether oxygens (including phenoxy) is 1. The van der Waals surface area contributed by atoms with Crippen LogP contribution >= 0.6 is 0 Å². The number of anilines is 2. The molecule has 188 valence electrons. The number of fused-ring (bicyclic) bond motifs is 1. The van der Waals surface area contributed by atoms with Crippen molar-refractivity contribution >= 4 is 38.8 Å². The molecule has 0 spiro atoms. The van der Waals surface area contributed by atoms with Crippen LogP contribution in [0.15, 0.2) is 76.0 Å². The molecule has 0 saturated carbocycles. The quantitative estimate of drug-likeness (QED) is 0.315. The van der Waals surface area contributed by atoms with E-state index in [-0.39, 0.29) is 33.7 Å². The fourth-order valence-electron chi connectivity index (χ4n) is 3.57. The first-order chi connectivity index (χ1) is 16.9. The van der Waals surface area contributed by atoms with Gasteiger partial charge in [-0.1, -0.05) is 32.0 Å². The van der Waals surface area contributed by atoms with Gasteiger partial charge in [0.25, 0.3) is 10.0 Å². The van der Waals surface area contributed by atoms with Crippen molar-refractivity contribution in [2.24, 2.45) is 0 Å². The molecule has 4 aromatic rings. The summed E-state index contributed by atoms with van der Waals surface area (Å²) in [4.78, 5) is 15.7. The summed E-state index contributed by atoms with van der Waals surface area (Å²) in [6, 6.07) is 13.9. The van der Waals surface area contributed by atoms with Gasteiger partial charge in [-0.3, -0.25) is 0 Å². The molecule has 3 aromatic carbocycles. The van der Waals surface area contributed by atoms with Crippen LogP contribution in [0.2, 0.25) is 0 Å². The predicted octanol–water partition coefficient (Wildman–Crippen LogP) is 6.08. The summed E-state index contributed by atoms with van der Waals surface area (Å²) in [5.74, 6) is -2.06. The minimum absolute atomic E-state index is 0.110. The van der Waals surface area contributed by atoms with Gasteiger partial charge in [0.2, 0.25) is 0 Å². The standard InChI is InChI=1S/C24H19F3N2O6S/c1-14(2)18-12-11-17(13-19(18)22(30)31)36(32,33)29(23-28-20-5-3-4-6-21(20)34-23)15-7-9-16(10-8-15)35-24(25,26)27/h3-14H,1-2H3,(H,30,31). The first kappa shape index (κ1) is 25.0. The van der Waals surface area contributed by atoms with Crippen molar-refractivity contribution in [3.63, 3.8) is 0 Å². The van der Waals surface area contributed by atoms with Gasteiger partial charge in [-0.25, -0.2) is 13.2 Å². The zero-order chi connectivity index (χ0) is 26.3. The molecule has 0 aliphatic carbocycles. The van der Waals surface area contributed by atoms with E-state index in [1.165, 1.54) is 12.1 Å². The van der Waals surface area contributed by atoms with Crippen LogP contribution < -0.4 is 9.04 Å². The molecule has 4 rings (SSSR count). The Morgan fingerprint density at radius 1 is 1.06 bits per heavy atom. The van der Waals surface area contributed by atoms with Crippen LogP contribution in [0.5, 0.6) is 5.75 Å². The number of hydrogen-bond donors (Lipinski definition) is 1. The monoisotopic (exact) mass is 520 g/mol. The summed E-state index contributed by atoms with van der Waals surface area (Å²) in [5, 5.41) is 9.65. The van der Waals surface area contributed by atoms with Crippen LogP contribution in [0.1, 0.15) is 35.7 Å². The summed E-state index contributed by atoms with van der Waals surface area (Å²) < 4.78 is 75.6. The third-order valence-electron chi connectivity index (χ3n) is 5.18. The smallest absolute Gasteiger partial charge is 0.478 e. The number of para-hydroxylation sites is 2. The van der Waals surface area contributed by atoms with E-state index in [4.69, 9.17) is 4.42 Å². The van der Waals surface area contributed by atoms with Crippen molar-refractivity contribution in [1.82, 2.24) is 4.98 Å². The SMILES string of the molecule is CC(C)c1ccc(S(=O)(=O)N(c2ccc(OC(F)(F)F)cc2)c2nc3ccccc3o2)cc1C(=O)O. The van der Waals surface area contributed by atoms with E-state index >= 15 is 0 Å². The number of oxazole rings is 1. The van der Waals surface area contributed by atoms with E-state index < -0.39 is 28.1 Å². The van der Waals surface area contributed by atoms with Gasteiger partial charge >= 0.3 is 18.3 Å². The third-order valence-corrected chi connectivity index (χ3v) is 6.87. The van der Waals surface area contributed by atoms with Gasteiger partial charge in [0, 0.05) is 0 Å². The minimum Gasteiger partial charge on any atom is -0.478 e. The van der Waals surface area contributed by atoms with Gasteiger partial charge in [0.05, 0.1) is 16.1 Å². The van der Waals surface area contributed by atoms with Crippen LogP contribution in [0.25, 0.3) is 11.1 Å². The summed E-state index contributed by atoms with van der Waals surface area (Å²) in [6.07, 6.45) is -4.93. The van der Waals surface area contributed by atoms with Crippen LogP contribution in [-0.2, 0) is 10.0 Å². The highest BCUT2D eigenvalue weighted by Crippen LogP contribution is 2.36. The summed E-state index contributed by atoms with van der Waals surface area (Å²) >= 11 is 0. The first-order valence-corrected chi connectivity index (χ1v) is 11.9. The van der Waals surface area contributed by atoms with E-state index in [1.807, 2.05) is 0 Å². The van der Waals surface area contributed by atoms with E-state index in [9.17, 15) is 31.5 Å². The van der Waals surface area contributed by atoms with Gasteiger partial charge < -0.3 is 14.3 Å². The lowest BCUT2D eigenvalue weighted by Crippen LogP contribution is -2.27. The Kier molecular flexibility index (Phi) is 6.39. The van der Waals surface area contributed by atoms with Gasteiger partial charge in [0.15, 0.2) is 5.58 Å². The average molecular weight is 520 g/mol. The number of aromatic nitrogens is 1. The number of nitrogens with zero attached hydrogens (tertiary/aromatic N) is 2. The van der Waals surface area contributed by atoms with E-state index in [0.717, 1.165) is 30.3 Å².